The first kappa shape index (κ1) is 14.8. The lowest BCUT2D eigenvalue weighted by Crippen LogP contribution is -2.14. The molecule has 0 radical (unpaired) electrons. The third-order valence-corrected chi connectivity index (χ3v) is 4.06. The number of carbonyl (C=O) groups is 3. The van der Waals surface area contributed by atoms with Crippen LogP contribution in [0, 0.1) is 6.92 Å². The average Bonchev–Trinajstić information content (AvgIpc) is 3.14. The first-order valence-corrected chi connectivity index (χ1v) is 7.11. The third-order valence-electron chi connectivity index (χ3n) is 3.05. The quantitative estimate of drug-likeness (QED) is 0.669. The zero-order chi connectivity index (χ0) is 16.7. The minimum absolute atomic E-state index is 0.0619. The minimum atomic E-state index is -1.43. The van der Waals surface area contributed by atoms with Gasteiger partial charge in [-0.2, -0.15) is 4.68 Å². The van der Waals surface area contributed by atoms with Crippen molar-refractivity contribution >= 4 is 46.2 Å². The van der Waals surface area contributed by atoms with Crippen molar-refractivity contribution in [3.05, 3.63) is 33.7 Å². The standard InChI is InChI=1S/C13H9N3O6S/c1-5-2-3-23-9(5)11(17)14-10-8-6(16(15-10)13(20)21)4-7(22-8)12(18)19/h2-4H,1H3,(H,18,19)(H,20,21)(H,14,15,17). The van der Waals surface area contributed by atoms with Crippen LogP contribution in [0.1, 0.15) is 25.8 Å². The number of aromatic carboxylic acids is 1. The fourth-order valence-corrected chi connectivity index (χ4v) is 2.83. The summed E-state index contributed by atoms with van der Waals surface area (Å²) < 4.78 is 5.63. The van der Waals surface area contributed by atoms with Crippen LogP contribution in [-0.4, -0.2) is 38.0 Å². The van der Waals surface area contributed by atoms with Crippen LogP contribution in [0.5, 0.6) is 0 Å². The van der Waals surface area contributed by atoms with E-state index in [1.165, 1.54) is 11.3 Å². The summed E-state index contributed by atoms with van der Waals surface area (Å²) in [6.07, 6.45) is -1.43. The lowest BCUT2D eigenvalue weighted by molar-refractivity contribution is 0.0665. The zero-order valence-electron chi connectivity index (χ0n) is 11.6. The predicted octanol–water partition coefficient (Wildman–Crippen LogP) is 2.48. The van der Waals surface area contributed by atoms with Gasteiger partial charge in [0.25, 0.3) is 5.91 Å². The van der Waals surface area contributed by atoms with Crippen molar-refractivity contribution in [2.24, 2.45) is 0 Å². The summed E-state index contributed by atoms with van der Waals surface area (Å²) in [5, 5.41) is 26.0. The fraction of sp³-hybridized carbons (Fsp3) is 0.0769. The first-order valence-electron chi connectivity index (χ1n) is 6.23. The minimum Gasteiger partial charge on any atom is -0.475 e. The van der Waals surface area contributed by atoms with Gasteiger partial charge in [-0.1, -0.05) is 0 Å². The maximum absolute atomic E-state index is 12.2. The Balaban J connectivity index is 2.06. The van der Waals surface area contributed by atoms with Crippen molar-refractivity contribution in [2.45, 2.75) is 6.92 Å². The predicted molar refractivity (Wildman–Crippen MR) is 79.4 cm³/mol. The van der Waals surface area contributed by atoms with Gasteiger partial charge in [-0.3, -0.25) is 4.79 Å². The highest BCUT2D eigenvalue weighted by Gasteiger charge is 2.24. The second kappa shape index (κ2) is 5.25. The number of fused-ring (bicyclic) bond motifs is 1. The lowest BCUT2D eigenvalue weighted by atomic mass is 10.3. The topological polar surface area (TPSA) is 135 Å². The number of aromatic nitrogens is 2. The van der Waals surface area contributed by atoms with E-state index in [1.807, 2.05) is 0 Å². The summed E-state index contributed by atoms with van der Waals surface area (Å²) >= 11 is 1.22. The van der Waals surface area contributed by atoms with Crippen molar-refractivity contribution in [1.82, 2.24) is 9.78 Å². The number of carboxylic acids is 1. The summed E-state index contributed by atoms with van der Waals surface area (Å²) in [4.78, 5) is 34.8. The number of aryl methyl sites for hydroxylation is 1. The van der Waals surface area contributed by atoms with Crippen molar-refractivity contribution in [3.8, 4) is 0 Å². The molecule has 0 saturated carbocycles. The van der Waals surface area contributed by atoms with Gasteiger partial charge < -0.3 is 19.9 Å². The Morgan fingerprint density at radius 2 is 2.09 bits per heavy atom. The van der Waals surface area contributed by atoms with Gasteiger partial charge in [-0.05, 0) is 23.9 Å². The van der Waals surface area contributed by atoms with Crippen LogP contribution in [-0.2, 0) is 0 Å². The van der Waals surface area contributed by atoms with Crippen molar-refractivity contribution in [3.63, 3.8) is 0 Å². The molecule has 10 heteroatoms. The largest absolute Gasteiger partial charge is 0.475 e. The molecule has 3 heterocycles. The Kier molecular flexibility index (Phi) is 3.37. The van der Waals surface area contributed by atoms with E-state index in [-0.39, 0.29) is 16.9 Å². The number of amides is 1. The van der Waals surface area contributed by atoms with Crippen LogP contribution in [0.2, 0.25) is 0 Å². The van der Waals surface area contributed by atoms with Gasteiger partial charge in [0, 0.05) is 6.07 Å². The van der Waals surface area contributed by atoms with Crippen LogP contribution < -0.4 is 5.32 Å². The molecule has 0 spiro atoms. The number of hydrogen-bond acceptors (Lipinski definition) is 6. The number of nitrogens with one attached hydrogen (secondary N) is 1. The van der Waals surface area contributed by atoms with E-state index < -0.39 is 23.7 Å². The molecule has 3 N–H and O–H groups in total. The second-order valence-electron chi connectivity index (χ2n) is 4.56. The van der Waals surface area contributed by atoms with E-state index in [1.54, 1.807) is 18.4 Å². The molecule has 0 aliphatic rings. The molecule has 0 unspecified atom stereocenters. The monoisotopic (exact) mass is 335 g/mol. The van der Waals surface area contributed by atoms with Gasteiger partial charge in [0.1, 0.15) is 5.52 Å². The van der Waals surface area contributed by atoms with Crippen molar-refractivity contribution in [1.29, 1.82) is 0 Å². The van der Waals surface area contributed by atoms with Crippen LogP contribution in [0.4, 0.5) is 10.6 Å². The maximum atomic E-state index is 12.2. The van der Waals surface area contributed by atoms with E-state index in [4.69, 9.17) is 14.6 Å². The van der Waals surface area contributed by atoms with Gasteiger partial charge in [0.15, 0.2) is 11.4 Å². The van der Waals surface area contributed by atoms with Crippen LogP contribution in [0.3, 0.4) is 0 Å². The van der Waals surface area contributed by atoms with Gasteiger partial charge in [-0.25, -0.2) is 9.59 Å². The SMILES string of the molecule is Cc1ccsc1C(=O)Nc1nn(C(=O)O)c2cc(C(=O)O)oc12. The van der Waals surface area contributed by atoms with E-state index in [0.717, 1.165) is 11.6 Å². The van der Waals surface area contributed by atoms with Gasteiger partial charge >= 0.3 is 12.1 Å². The van der Waals surface area contributed by atoms with Gasteiger partial charge in [0.2, 0.25) is 5.76 Å². The van der Waals surface area contributed by atoms with Gasteiger partial charge in [-0.15, -0.1) is 16.4 Å². The van der Waals surface area contributed by atoms with E-state index in [2.05, 4.69) is 10.4 Å². The molecule has 1 amide bonds. The third kappa shape index (κ3) is 2.44. The molecule has 0 aliphatic heterocycles. The molecule has 118 valence electrons. The van der Waals surface area contributed by atoms with E-state index >= 15 is 0 Å². The number of rotatable bonds is 3. The highest BCUT2D eigenvalue weighted by molar-refractivity contribution is 7.12. The van der Waals surface area contributed by atoms with Crippen molar-refractivity contribution < 1.29 is 29.0 Å². The zero-order valence-corrected chi connectivity index (χ0v) is 12.4. The number of nitrogens with zero attached hydrogens (tertiary/aromatic N) is 2. The first-order chi connectivity index (χ1) is 10.9. The Bertz CT molecular complexity index is 950. The molecule has 0 atom stereocenters. The number of hydrogen-bond donors (Lipinski definition) is 3. The molecule has 3 aromatic rings. The van der Waals surface area contributed by atoms with Crippen LogP contribution in [0.25, 0.3) is 11.1 Å². The molecule has 3 rings (SSSR count). The van der Waals surface area contributed by atoms with Crippen LogP contribution >= 0.6 is 11.3 Å². The number of carboxylic acid groups (broad SMARTS) is 2. The molecule has 0 aromatic carbocycles. The Morgan fingerprint density at radius 3 is 2.65 bits per heavy atom. The summed E-state index contributed by atoms with van der Waals surface area (Å²) in [5.74, 6) is -2.45. The normalized spacial score (nSPS) is 10.8. The molecule has 9 nitrogen and oxygen atoms in total. The summed E-state index contributed by atoms with van der Waals surface area (Å²) in [6, 6.07) is 2.80. The maximum Gasteiger partial charge on any atom is 0.432 e. The Morgan fingerprint density at radius 1 is 1.35 bits per heavy atom. The smallest absolute Gasteiger partial charge is 0.432 e. The summed E-state index contributed by atoms with van der Waals surface area (Å²) in [7, 11) is 0. The number of thiophene rings is 1. The molecule has 0 aliphatic carbocycles. The molecular formula is C13H9N3O6S. The lowest BCUT2D eigenvalue weighted by Gasteiger charge is -2.00. The molecule has 0 saturated heterocycles. The molecular weight excluding hydrogens is 326 g/mol. The average molecular weight is 335 g/mol. The molecule has 3 aromatic heterocycles. The highest BCUT2D eigenvalue weighted by Crippen LogP contribution is 2.28. The number of anilines is 1. The Hall–Kier alpha value is -3.14. The molecule has 0 bridgehead atoms. The molecule has 23 heavy (non-hydrogen) atoms. The Labute approximate surface area is 131 Å². The summed E-state index contributed by atoms with van der Waals surface area (Å²) in [6.45, 7) is 1.76. The van der Waals surface area contributed by atoms with E-state index in [0.29, 0.717) is 9.56 Å². The number of carbonyl (C=O) groups excluding carboxylic acids is 1. The number of furan rings is 1. The fourth-order valence-electron chi connectivity index (χ4n) is 2.01. The van der Waals surface area contributed by atoms with Crippen LogP contribution in [0.15, 0.2) is 21.9 Å². The molecule has 0 fully saturated rings. The van der Waals surface area contributed by atoms with E-state index in [9.17, 15) is 14.4 Å². The second-order valence-corrected chi connectivity index (χ2v) is 5.48. The van der Waals surface area contributed by atoms with Gasteiger partial charge in [0.05, 0.1) is 4.88 Å². The summed E-state index contributed by atoms with van der Waals surface area (Å²) in [5.41, 5.74) is 0.576. The highest BCUT2D eigenvalue weighted by atomic mass is 32.1. The van der Waals surface area contributed by atoms with Crippen molar-refractivity contribution in [2.75, 3.05) is 5.32 Å².